The largest absolute Gasteiger partial charge is 0.465 e. The number of nitrogens with one attached hydrogen (secondary N) is 1. The molecule has 1 aliphatic heterocycles. The molecule has 0 spiro atoms. The Morgan fingerprint density at radius 2 is 2.00 bits per heavy atom. The lowest BCUT2D eigenvalue weighted by Crippen LogP contribution is -2.22. The molecule has 142 valence electrons. The second kappa shape index (κ2) is 8.31. The number of methoxy groups -OCH3 is 1. The zero-order chi connectivity index (χ0) is 19.3. The highest BCUT2D eigenvalue weighted by Crippen LogP contribution is 2.22. The minimum atomic E-state index is -3.06. The molecule has 0 aromatic heterocycles. The topological polar surface area (TPSA) is 116 Å². The molecule has 0 unspecified atom stereocenters. The van der Waals surface area contributed by atoms with Crippen LogP contribution in [-0.4, -0.2) is 51.5 Å². The van der Waals surface area contributed by atoms with E-state index in [9.17, 15) is 22.8 Å². The fraction of sp³-hybridized carbons (Fsp3) is 0.471. The zero-order valence-corrected chi connectivity index (χ0v) is 15.4. The number of amides is 1. The van der Waals surface area contributed by atoms with Gasteiger partial charge in [0, 0.05) is 12.1 Å². The summed E-state index contributed by atoms with van der Waals surface area (Å²) in [5.74, 6) is -1.88. The van der Waals surface area contributed by atoms with Gasteiger partial charge in [-0.3, -0.25) is 9.59 Å². The number of esters is 2. The molecule has 8 nitrogen and oxygen atoms in total. The molecule has 1 N–H and O–H groups in total. The van der Waals surface area contributed by atoms with Gasteiger partial charge in [-0.05, 0) is 37.0 Å². The van der Waals surface area contributed by atoms with E-state index in [1.165, 1.54) is 13.2 Å². The highest BCUT2D eigenvalue weighted by molar-refractivity contribution is 7.91. The number of ether oxygens (including phenoxy) is 2. The molecule has 0 radical (unpaired) electrons. The lowest BCUT2D eigenvalue weighted by Gasteiger charge is -2.11. The maximum absolute atomic E-state index is 12.0. The first-order chi connectivity index (χ1) is 12.2. The van der Waals surface area contributed by atoms with E-state index in [0.717, 1.165) is 5.56 Å². The Kier molecular flexibility index (Phi) is 6.36. The number of hydrogen-bond acceptors (Lipinski definition) is 7. The molecule has 1 aromatic carbocycles. The molecular formula is C17H21NO7S. The Bertz CT molecular complexity index is 816. The number of carbonyl (C=O) groups is 3. The first kappa shape index (κ1) is 19.9. The van der Waals surface area contributed by atoms with E-state index in [1.54, 1.807) is 19.1 Å². The van der Waals surface area contributed by atoms with Crippen molar-refractivity contribution in [1.29, 1.82) is 0 Å². The SMILES string of the molecule is COC(=O)c1ccc(C)c(NC(=O)COC(=O)C[C@@H]2CCS(=O)(=O)C2)c1. The molecule has 1 aromatic rings. The number of benzene rings is 1. The van der Waals surface area contributed by atoms with Gasteiger partial charge in [0.2, 0.25) is 0 Å². The number of anilines is 1. The summed E-state index contributed by atoms with van der Waals surface area (Å²) >= 11 is 0. The fourth-order valence-electron chi connectivity index (χ4n) is 2.66. The van der Waals surface area contributed by atoms with Crippen LogP contribution in [0.2, 0.25) is 0 Å². The van der Waals surface area contributed by atoms with Crippen LogP contribution in [0.15, 0.2) is 18.2 Å². The summed E-state index contributed by atoms with van der Waals surface area (Å²) < 4.78 is 32.3. The standard InChI is InChI=1S/C17H21NO7S/c1-11-3-4-13(17(21)24-2)8-14(11)18-15(19)9-25-16(20)7-12-5-6-26(22,23)10-12/h3-4,8,12H,5-7,9-10H2,1-2H3,(H,18,19)/t12-/m0/s1. The van der Waals surface area contributed by atoms with E-state index >= 15 is 0 Å². The smallest absolute Gasteiger partial charge is 0.337 e. The number of hydrogen-bond donors (Lipinski definition) is 1. The van der Waals surface area contributed by atoms with Gasteiger partial charge in [0.25, 0.3) is 5.91 Å². The monoisotopic (exact) mass is 383 g/mol. The van der Waals surface area contributed by atoms with Gasteiger partial charge >= 0.3 is 11.9 Å². The minimum Gasteiger partial charge on any atom is -0.465 e. The average Bonchev–Trinajstić information content (AvgIpc) is 2.92. The second-order valence-electron chi connectivity index (χ2n) is 6.20. The van der Waals surface area contributed by atoms with Crippen molar-refractivity contribution in [3.8, 4) is 0 Å². The normalized spacial score (nSPS) is 18.2. The predicted octanol–water partition coefficient (Wildman–Crippen LogP) is 1.09. The Morgan fingerprint density at radius 1 is 1.27 bits per heavy atom. The summed E-state index contributed by atoms with van der Waals surface area (Å²) in [6.07, 6.45) is 0.409. The molecule has 1 aliphatic rings. The minimum absolute atomic E-state index is 0.0200. The quantitative estimate of drug-likeness (QED) is 0.731. The lowest BCUT2D eigenvalue weighted by molar-refractivity contribution is -0.148. The molecular weight excluding hydrogens is 362 g/mol. The van der Waals surface area contributed by atoms with Crippen LogP contribution in [0.3, 0.4) is 0 Å². The van der Waals surface area contributed by atoms with E-state index in [-0.39, 0.29) is 29.4 Å². The van der Waals surface area contributed by atoms with Crippen molar-refractivity contribution in [3.05, 3.63) is 29.3 Å². The van der Waals surface area contributed by atoms with Gasteiger partial charge < -0.3 is 14.8 Å². The van der Waals surface area contributed by atoms with Crippen molar-refractivity contribution in [1.82, 2.24) is 0 Å². The third-order valence-corrected chi connectivity index (χ3v) is 5.92. The van der Waals surface area contributed by atoms with Crippen molar-refractivity contribution in [2.75, 3.05) is 30.5 Å². The number of sulfone groups is 1. The van der Waals surface area contributed by atoms with Crippen molar-refractivity contribution in [2.24, 2.45) is 5.92 Å². The maximum atomic E-state index is 12.0. The van der Waals surface area contributed by atoms with E-state index in [0.29, 0.717) is 12.1 Å². The van der Waals surface area contributed by atoms with Gasteiger partial charge in [-0.15, -0.1) is 0 Å². The Hall–Kier alpha value is -2.42. The third-order valence-electron chi connectivity index (χ3n) is 4.08. The summed E-state index contributed by atoms with van der Waals surface area (Å²) in [6.45, 7) is 1.27. The highest BCUT2D eigenvalue weighted by Gasteiger charge is 2.30. The molecule has 0 bridgehead atoms. The van der Waals surface area contributed by atoms with E-state index < -0.39 is 34.3 Å². The van der Waals surface area contributed by atoms with Crippen LogP contribution in [0.1, 0.15) is 28.8 Å². The Morgan fingerprint density at radius 3 is 2.62 bits per heavy atom. The van der Waals surface area contributed by atoms with Crippen LogP contribution in [0.5, 0.6) is 0 Å². The Labute approximate surface area is 151 Å². The van der Waals surface area contributed by atoms with Gasteiger partial charge in [-0.1, -0.05) is 6.07 Å². The molecule has 1 amide bonds. The van der Waals surface area contributed by atoms with Crippen molar-refractivity contribution in [3.63, 3.8) is 0 Å². The van der Waals surface area contributed by atoms with Gasteiger partial charge in [0.15, 0.2) is 16.4 Å². The van der Waals surface area contributed by atoms with Crippen LogP contribution >= 0.6 is 0 Å². The molecule has 1 atom stereocenters. The molecule has 1 saturated heterocycles. The number of rotatable bonds is 6. The molecule has 0 saturated carbocycles. The molecule has 1 fully saturated rings. The van der Waals surface area contributed by atoms with Crippen LogP contribution in [0, 0.1) is 12.8 Å². The molecule has 9 heteroatoms. The molecule has 2 rings (SSSR count). The zero-order valence-electron chi connectivity index (χ0n) is 14.6. The number of carbonyl (C=O) groups excluding carboxylic acids is 3. The summed E-state index contributed by atoms with van der Waals surface area (Å²) in [4.78, 5) is 35.3. The van der Waals surface area contributed by atoms with Crippen LogP contribution in [-0.2, 0) is 28.9 Å². The summed E-state index contributed by atoms with van der Waals surface area (Å²) in [7, 11) is -1.80. The van der Waals surface area contributed by atoms with E-state index in [1.807, 2.05) is 0 Å². The molecule has 0 aliphatic carbocycles. The summed E-state index contributed by atoms with van der Waals surface area (Å²) in [5.41, 5.74) is 1.43. The van der Waals surface area contributed by atoms with Crippen molar-refractivity contribution >= 4 is 33.4 Å². The highest BCUT2D eigenvalue weighted by atomic mass is 32.2. The predicted molar refractivity (Wildman–Crippen MR) is 93.5 cm³/mol. The van der Waals surface area contributed by atoms with Crippen LogP contribution in [0.25, 0.3) is 0 Å². The van der Waals surface area contributed by atoms with Crippen molar-refractivity contribution < 1.29 is 32.3 Å². The Balaban J connectivity index is 1.85. The van der Waals surface area contributed by atoms with Crippen LogP contribution < -0.4 is 5.32 Å². The first-order valence-corrected chi connectivity index (χ1v) is 9.87. The summed E-state index contributed by atoms with van der Waals surface area (Å²) in [6, 6.07) is 4.71. The molecule has 1 heterocycles. The molecule has 26 heavy (non-hydrogen) atoms. The third kappa shape index (κ3) is 5.55. The second-order valence-corrected chi connectivity index (χ2v) is 8.43. The summed E-state index contributed by atoms with van der Waals surface area (Å²) in [5, 5.41) is 2.57. The number of aryl methyl sites for hydroxylation is 1. The van der Waals surface area contributed by atoms with Gasteiger partial charge in [-0.2, -0.15) is 0 Å². The average molecular weight is 383 g/mol. The van der Waals surface area contributed by atoms with Gasteiger partial charge in [-0.25, -0.2) is 13.2 Å². The van der Waals surface area contributed by atoms with Crippen LogP contribution in [0.4, 0.5) is 5.69 Å². The lowest BCUT2D eigenvalue weighted by atomic mass is 10.1. The van der Waals surface area contributed by atoms with Gasteiger partial charge in [0.05, 0.1) is 24.2 Å². The fourth-order valence-corrected chi connectivity index (χ4v) is 4.52. The first-order valence-electron chi connectivity index (χ1n) is 8.05. The van der Waals surface area contributed by atoms with E-state index in [4.69, 9.17) is 4.74 Å². The van der Waals surface area contributed by atoms with E-state index in [2.05, 4.69) is 10.1 Å². The maximum Gasteiger partial charge on any atom is 0.337 e. The van der Waals surface area contributed by atoms with Crippen molar-refractivity contribution in [2.45, 2.75) is 19.8 Å². The van der Waals surface area contributed by atoms with Gasteiger partial charge in [0.1, 0.15) is 0 Å².